The van der Waals surface area contributed by atoms with Crippen LogP contribution in [0.4, 0.5) is 5.69 Å². The number of amides is 2. The monoisotopic (exact) mass is 426 g/mol. The second kappa shape index (κ2) is 7.15. The summed E-state index contributed by atoms with van der Waals surface area (Å²) in [5.41, 5.74) is 6.92. The van der Waals surface area contributed by atoms with Crippen molar-refractivity contribution in [2.24, 2.45) is 5.73 Å². The smallest absolute Gasteiger partial charge is 0.274 e. The third-order valence-electron chi connectivity index (χ3n) is 3.99. The van der Waals surface area contributed by atoms with Crippen molar-refractivity contribution in [3.8, 4) is 0 Å². The highest BCUT2D eigenvalue weighted by atomic mass is 79.9. The second-order valence-electron chi connectivity index (χ2n) is 5.78. The predicted octanol–water partition coefficient (Wildman–Crippen LogP) is 2.92. The number of carbonyl (C=O) groups is 2. The zero-order valence-electron chi connectivity index (χ0n) is 13.4. The molecular formula is C16H16BrClN4O3. The fourth-order valence-electron chi connectivity index (χ4n) is 2.81. The minimum Gasteiger partial charge on any atom is -0.379 e. The Morgan fingerprint density at radius 1 is 1.44 bits per heavy atom. The Morgan fingerprint density at radius 3 is 2.84 bits per heavy atom. The van der Waals surface area contributed by atoms with Gasteiger partial charge < -0.3 is 15.8 Å². The molecule has 3 rings (SSSR count). The third kappa shape index (κ3) is 3.70. The maximum atomic E-state index is 12.8. The molecule has 3 N–H and O–H groups in total. The van der Waals surface area contributed by atoms with Crippen LogP contribution in [0.15, 0.2) is 22.8 Å². The topological polar surface area (TPSA) is 99.2 Å². The fraction of sp³-hybridized carbons (Fsp3) is 0.312. The third-order valence-corrected chi connectivity index (χ3v) is 4.60. The number of hydrogen-bond acceptors (Lipinski definition) is 4. The van der Waals surface area contributed by atoms with Crippen LogP contribution in [0.2, 0.25) is 5.02 Å². The van der Waals surface area contributed by atoms with Gasteiger partial charge in [-0.2, -0.15) is 5.10 Å². The maximum Gasteiger partial charge on any atom is 0.274 e. The number of carbonyl (C=O) groups excluding carboxylic acids is 2. The van der Waals surface area contributed by atoms with Gasteiger partial charge in [-0.3, -0.25) is 14.3 Å². The highest BCUT2D eigenvalue weighted by molar-refractivity contribution is 9.10. The van der Waals surface area contributed by atoms with Crippen molar-refractivity contribution >= 4 is 45.0 Å². The molecule has 9 heteroatoms. The number of aromatic nitrogens is 2. The summed E-state index contributed by atoms with van der Waals surface area (Å²) in [5.74, 6) is -1.06. The Morgan fingerprint density at radius 2 is 2.20 bits per heavy atom. The first-order chi connectivity index (χ1) is 11.9. The number of rotatable bonds is 4. The molecule has 1 aliphatic rings. The molecule has 25 heavy (non-hydrogen) atoms. The first-order valence-corrected chi connectivity index (χ1v) is 8.78. The molecule has 2 heterocycles. The molecule has 1 atom stereocenters. The molecule has 0 radical (unpaired) electrons. The molecular weight excluding hydrogens is 412 g/mol. The largest absolute Gasteiger partial charge is 0.379 e. The van der Waals surface area contributed by atoms with Crippen LogP contribution in [0.25, 0.3) is 0 Å². The number of nitrogens with one attached hydrogen (secondary N) is 1. The van der Waals surface area contributed by atoms with Gasteiger partial charge in [0.2, 0.25) is 0 Å². The number of benzene rings is 1. The van der Waals surface area contributed by atoms with Crippen molar-refractivity contribution in [1.29, 1.82) is 0 Å². The molecule has 0 bridgehead atoms. The van der Waals surface area contributed by atoms with Crippen molar-refractivity contribution in [3.63, 3.8) is 0 Å². The van der Waals surface area contributed by atoms with Crippen molar-refractivity contribution < 1.29 is 14.3 Å². The molecule has 1 aliphatic heterocycles. The van der Waals surface area contributed by atoms with E-state index in [-0.39, 0.29) is 11.6 Å². The van der Waals surface area contributed by atoms with Gasteiger partial charge in [0, 0.05) is 17.7 Å². The van der Waals surface area contributed by atoms with E-state index in [1.165, 1.54) is 6.07 Å². The van der Waals surface area contributed by atoms with Crippen molar-refractivity contribution in [2.75, 3.05) is 18.5 Å². The van der Waals surface area contributed by atoms with Crippen LogP contribution in [-0.2, 0) is 4.74 Å². The lowest BCUT2D eigenvalue weighted by atomic mass is 10.1. The van der Waals surface area contributed by atoms with Crippen LogP contribution in [-0.4, -0.2) is 34.8 Å². The lowest BCUT2D eigenvalue weighted by molar-refractivity contribution is 0.100. The van der Waals surface area contributed by atoms with Gasteiger partial charge in [0.15, 0.2) is 0 Å². The van der Waals surface area contributed by atoms with Gasteiger partial charge in [-0.05, 0) is 47.0 Å². The summed E-state index contributed by atoms with van der Waals surface area (Å²) < 4.78 is 7.56. The van der Waals surface area contributed by atoms with Gasteiger partial charge >= 0.3 is 0 Å². The van der Waals surface area contributed by atoms with Gasteiger partial charge in [-0.25, -0.2) is 0 Å². The van der Waals surface area contributed by atoms with Crippen LogP contribution in [0.1, 0.15) is 38.9 Å². The highest BCUT2D eigenvalue weighted by Gasteiger charge is 2.25. The van der Waals surface area contributed by atoms with Crippen LogP contribution in [0.5, 0.6) is 0 Å². The summed E-state index contributed by atoms with van der Waals surface area (Å²) in [4.78, 5) is 24.5. The Hall–Kier alpha value is -1.90. The summed E-state index contributed by atoms with van der Waals surface area (Å²) >= 11 is 9.28. The van der Waals surface area contributed by atoms with E-state index in [0.717, 1.165) is 6.42 Å². The number of primary amides is 1. The fourth-order valence-corrected chi connectivity index (χ4v) is 3.47. The van der Waals surface area contributed by atoms with Crippen LogP contribution in [0, 0.1) is 6.92 Å². The summed E-state index contributed by atoms with van der Waals surface area (Å²) in [6.07, 6.45) is 0.779. The van der Waals surface area contributed by atoms with Gasteiger partial charge in [0.05, 0.1) is 23.9 Å². The molecule has 0 aliphatic carbocycles. The molecule has 0 spiro atoms. The van der Waals surface area contributed by atoms with Gasteiger partial charge in [0.1, 0.15) is 10.3 Å². The minimum absolute atomic E-state index is 0.00558. The summed E-state index contributed by atoms with van der Waals surface area (Å²) in [6.45, 7) is 2.87. The summed E-state index contributed by atoms with van der Waals surface area (Å²) in [7, 11) is 0. The molecule has 132 valence electrons. The average Bonchev–Trinajstić information content (AvgIpc) is 3.18. The Labute approximate surface area is 157 Å². The average molecular weight is 428 g/mol. The lowest BCUT2D eigenvalue weighted by Crippen LogP contribution is -2.23. The van der Waals surface area contributed by atoms with E-state index >= 15 is 0 Å². The van der Waals surface area contributed by atoms with E-state index < -0.39 is 11.8 Å². The standard InChI is InChI=1S/C16H16BrClN4O3/c1-8-4-9(18)5-11(15(19)23)14(8)20-16(24)12-6-13(17)21-22(12)10-2-3-25-7-10/h4-6,10H,2-3,7H2,1H3,(H2,19,23)(H,20,24). The Bertz CT molecular complexity index is 846. The van der Waals surface area contributed by atoms with Crippen molar-refractivity contribution in [3.05, 3.63) is 44.6 Å². The molecule has 1 aromatic carbocycles. The van der Waals surface area contributed by atoms with Gasteiger partial charge in [-0.15, -0.1) is 0 Å². The number of nitrogens with two attached hydrogens (primary N) is 1. The lowest BCUT2D eigenvalue weighted by Gasteiger charge is -2.15. The molecule has 2 amide bonds. The quantitative estimate of drug-likeness (QED) is 0.783. The molecule has 7 nitrogen and oxygen atoms in total. The van der Waals surface area contributed by atoms with Gasteiger partial charge in [-0.1, -0.05) is 11.6 Å². The molecule has 1 fully saturated rings. The van der Waals surface area contributed by atoms with Crippen molar-refractivity contribution in [1.82, 2.24) is 9.78 Å². The zero-order valence-corrected chi connectivity index (χ0v) is 15.7. The van der Waals surface area contributed by atoms with E-state index in [2.05, 4.69) is 26.3 Å². The Balaban J connectivity index is 1.95. The number of nitrogens with zero attached hydrogens (tertiary/aromatic N) is 2. The summed E-state index contributed by atoms with van der Waals surface area (Å²) in [6, 6.07) is 4.71. The van der Waals surface area contributed by atoms with E-state index in [1.807, 2.05) is 0 Å². The number of hydrogen-bond donors (Lipinski definition) is 2. The maximum absolute atomic E-state index is 12.8. The van der Waals surface area contributed by atoms with E-state index in [9.17, 15) is 9.59 Å². The molecule has 1 aromatic heterocycles. The van der Waals surface area contributed by atoms with Crippen LogP contribution >= 0.6 is 27.5 Å². The second-order valence-corrected chi connectivity index (χ2v) is 7.03. The van der Waals surface area contributed by atoms with E-state index in [0.29, 0.717) is 39.8 Å². The Kier molecular flexibility index (Phi) is 5.12. The first kappa shape index (κ1) is 17.9. The number of anilines is 1. The van der Waals surface area contributed by atoms with E-state index in [4.69, 9.17) is 22.1 Å². The first-order valence-electron chi connectivity index (χ1n) is 7.61. The number of halogens is 2. The van der Waals surface area contributed by atoms with Crippen molar-refractivity contribution in [2.45, 2.75) is 19.4 Å². The molecule has 0 saturated carbocycles. The number of aryl methyl sites for hydroxylation is 1. The number of ether oxygens (including phenoxy) is 1. The van der Waals surface area contributed by atoms with Crippen LogP contribution < -0.4 is 11.1 Å². The van der Waals surface area contributed by atoms with Crippen LogP contribution in [0.3, 0.4) is 0 Å². The normalized spacial score (nSPS) is 16.8. The van der Waals surface area contributed by atoms with E-state index in [1.54, 1.807) is 23.7 Å². The zero-order chi connectivity index (χ0) is 18.1. The van der Waals surface area contributed by atoms with Gasteiger partial charge in [0.25, 0.3) is 11.8 Å². The molecule has 1 saturated heterocycles. The predicted molar refractivity (Wildman–Crippen MR) is 97.1 cm³/mol. The summed E-state index contributed by atoms with van der Waals surface area (Å²) in [5, 5.41) is 7.46. The molecule has 2 aromatic rings. The minimum atomic E-state index is -0.667. The molecule has 1 unspecified atom stereocenters. The highest BCUT2D eigenvalue weighted by Crippen LogP contribution is 2.27. The SMILES string of the molecule is Cc1cc(Cl)cc(C(N)=O)c1NC(=O)c1cc(Br)nn1C1CCOC1.